The summed E-state index contributed by atoms with van der Waals surface area (Å²) in [6.45, 7) is 3.33. The zero-order chi connectivity index (χ0) is 10.7. The van der Waals surface area contributed by atoms with Crippen molar-refractivity contribution in [3.05, 3.63) is 30.3 Å². The molecule has 2 N–H and O–H groups in total. The van der Waals surface area contributed by atoms with Gasteiger partial charge in [-0.2, -0.15) is 0 Å². The third kappa shape index (κ3) is 2.43. The zero-order valence-corrected chi connectivity index (χ0v) is 9.40. The number of rotatable bonds is 2. The van der Waals surface area contributed by atoms with Crippen LogP contribution in [0.5, 0.6) is 0 Å². The van der Waals surface area contributed by atoms with E-state index in [9.17, 15) is 0 Å². The average molecular weight is 226 g/mol. The fourth-order valence-electron chi connectivity index (χ4n) is 1.90. The number of nitrogens with two attached hydrogens (primary N) is 1. The average Bonchev–Trinajstić information content (AvgIpc) is 2.31. The van der Waals surface area contributed by atoms with Gasteiger partial charge in [0.25, 0.3) is 0 Å². The normalized spacial score (nSPS) is 23.1. The van der Waals surface area contributed by atoms with Crippen molar-refractivity contribution in [2.45, 2.75) is 6.04 Å². The van der Waals surface area contributed by atoms with Gasteiger partial charge in [0.05, 0.1) is 6.04 Å². The van der Waals surface area contributed by atoms with Crippen LogP contribution in [0.25, 0.3) is 0 Å². The van der Waals surface area contributed by atoms with Crippen LogP contribution in [0.2, 0.25) is 0 Å². The predicted octanol–water partition coefficient (Wildman–Crippen LogP) is 1.29. The van der Waals surface area contributed by atoms with Crippen LogP contribution in [0.1, 0.15) is 0 Å². The fraction of sp³-hybridized carbons (Fsp3) is 0.455. The molecule has 4 heteroatoms. The van der Waals surface area contributed by atoms with E-state index < -0.39 is 0 Å². The summed E-state index contributed by atoms with van der Waals surface area (Å²) >= 11 is 6.06. The van der Waals surface area contributed by atoms with Gasteiger partial charge in [-0.1, -0.05) is 18.2 Å². The largest absolute Gasteiger partial charge is 0.369 e. The summed E-state index contributed by atoms with van der Waals surface area (Å²) in [6, 6.07) is 10.6. The highest BCUT2D eigenvalue weighted by Gasteiger charge is 2.24. The second-order valence-electron chi connectivity index (χ2n) is 3.79. The van der Waals surface area contributed by atoms with E-state index in [1.54, 1.807) is 0 Å². The van der Waals surface area contributed by atoms with Crippen LogP contribution in [-0.2, 0) is 0 Å². The molecule has 15 heavy (non-hydrogen) atoms. The molecule has 1 aromatic rings. The van der Waals surface area contributed by atoms with E-state index in [0.29, 0.717) is 6.54 Å². The molecule has 1 aliphatic rings. The minimum Gasteiger partial charge on any atom is -0.369 e. The van der Waals surface area contributed by atoms with Crippen molar-refractivity contribution in [2.24, 2.45) is 5.73 Å². The first-order valence-electron chi connectivity index (χ1n) is 5.23. The highest BCUT2D eigenvalue weighted by Crippen LogP contribution is 2.19. The molecule has 0 saturated carbocycles. The zero-order valence-electron chi connectivity index (χ0n) is 8.64. The van der Waals surface area contributed by atoms with Crippen molar-refractivity contribution in [1.82, 2.24) is 4.42 Å². The standard InChI is InChI=1S/C11H16ClN3/c12-15-7-6-14(9-11(15)8-13)10-4-2-1-3-5-10/h1-5,11H,6-9,13H2. The Bertz CT molecular complexity index is 304. The Balaban J connectivity index is 2.06. The molecule has 0 bridgehead atoms. The molecular weight excluding hydrogens is 210 g/mol. The Morgan fingerprint density at radius 2 is 2.00 bits per heavy atom. The van der Waals surface area contributed by atoms with Gasteiger partial charge in [0.1, 0.15) is 0 Å². The van der Waals surface area contributed by atoms with Gasteiger partial charge >= 0.3 is 0 Å². The molecule has 1 saturated heterocycles. The van der Waals surface area contributed by atoms with Crippen LogP contribution in [0, 0.1) is 0 Å². The molecule has 1 unspecified atom stereocenters. The molecule has 1 atom stereocenters. The summed E-state index contributed by atoms with van der Waals surface area (Å²) in [5, 5.41) is 0. The van der Waals surface area contributed by atoms with Crippen molar-refractivity contribution in [3.63, 3.8) is 0 Å². The molecule has 0 radical (unpaired) electrons. The lowest BCUT2D eigenvalue weighted by atomic mass is 10.2. The topological polar surface area (TPSA) is 32.5 Å². The monoisotopic (exact) mass is 225 g/mol. The molecule has 1 aliphatic heterocycles. The molecule has 0 aromatic heterocycles. The Morgan fingerprint density at radius 1 is 1.27 bits per heavy atom. The van der Waals surface area contributed by atoms with Crippen molar-refractivity contribution < 1.29 is 0 Å². The lowest BCUT2D eigenvalue weighted by Gasteiger charge is -2.38. The van der Waals surface area contributed by atoms with Gasteiger partial charge in [-0.05, 0) is 23.9 Å². The van der Waals surface area contributed by atoms with Gasteiger partial charge in [0, 0.05) is 31.9 Å². The summed E-state index contributed by atoms with van der Waals surface area (Å²) < 4.78 is 1.82. The number of benzene rings is 1. The maximum absolute atomic E-state index is 6.06. The van der Waals surface area contributed by atoms with E-state index in [4.69, 9.17) is 17.5 Å². The maximum Gasteiger partial charge on any atom is 0.0549 e. The second-order valence-corrected chi connectivity index (χ2v) is 4.23. The van der Waals surface area contributed by atoms with Crippen LogP contribution < -0.4 is 10.6 Å². The van der Waals surface area contributed by atoms with Crippen LogP contribution in [0.3, 0.4) is 0 Å². The summed E-state index contributed by atoms with van der Waals surface area (Å²) in [6.07, 6.45) is 0. The minimum atomic E-state index is 0.251. The van der Waals surface area contributed by atoms with E-state index in [-0.39, 0.29) is 6.04 Å². The van der Waals surface area contributed by atoms with Crippen molar-refractivity contribution in [2.75, 3.05) is 31.1 Å². The van der Waals surface area contributed by atoms with E-state index in [1.807, 2.05) is 10.5 Å². The smallest absolute Gasteiger partial charge is 0.0549 e. The van der Waals surface area contributed by atoms with Gasteiger partial charge < -0.3 is 10.6 Å². The Morgan fingerprint density at radius 3 is 2.67 bits per heavy atom. The summed E-state index contributed by atoms with van der Waals surface area (Å²) in [5.74, 6) is 0. The molecule has 0 aliphatic carbocycles. The number of halogens is 1. The Labute approximate surface area is 95.5 Å². The van der Waals surface area contributed by atoms with Crippen LogP contribution in [0.15, 0.2) is 30.3 Å². The molecule has 0 amide bonds. The number of para-hydroxylation sites is 1. The second kappa shape index (κ2) is 4.84. The molecule has 1 fully saturated rings. The Hall–Kier alpha value is -0.770. The van der Waals surface area contributed by atoms with E-state index >= 15 is 0 Å². The number of hydrogen-bond acceptors (Lipinski definition) is 3. The molecule has 82 valence electrons. The van der Waals surface area contributed by atoms with Crippen molar-refractivity contribution >= 4 is 17.5 Å². The predicted molar refractivity (Wildman–Crippen MR) is 64.1 cm³/mol. The number of piperazine rings is 1. The lowest BCUT2D eigenvalue weighted by Crippen LogP contribution is -2.52. The summed E-state index contributed by atoms with van der Waals surface area (Å²) in [4.78, 5) is 2.33. The number of anilines is 1. The van der Waals surface area contributed by atoms with E-state index in [1.165, 1.54) is 5.69 Å². The van der Waals surface area contributed by atoms with Gasteiger partial charge in [0.2, 0.25) is 0 Å². The highest BCUT2D eigenvalue weighted by molar-refractivity contribution is 6.13. The van der Waals surface area contributed by atoms with Gasteiger partial charge in [-0.15, -0.1) is 0 Å². The van der Waals surface area contributed by atoms with Gasteiger partial charge in [0.15, 0.2) is 0 Å². The van der Waals surface area contributed by atoms with Crippen molar-refractivity contribution in [3.8, 4) is 0 Å². The SMILES string of the molecule is NCC1CN(c2ccccc2)CCN1Cl. The summed E-state index contributed by atoms with van der Waals surface area (Å²) in [7, 11) is 0. The maximum atomic E-state index is 6.06. The van der Waals surface area contributed by atoms with Crippen molar-refractivity contribution in [1.29, 1.82) is 0 Å². The van der Waals surface area contributed by atoms with Gasteiger partial charge in [-0.3, -0.25) is 0 Å². The van der Waals surface area contributed by atoms with Crippen LogP contribution in [-0.4, -0.2) is 36.6 Å². The molecule has 1 aromatic carbocycles. The van der Waals surface area contributed by atoms with Crippen LogP contribution >= 0.6 is 11.8 Å². The highest BCUT2D eigenvalue weighted by atomic mass is 35.5. The van der Waals surface area contributed by atoms with E-state index in [0.717, 1.165) is 19.6 Å². The number of hydrogen-bond donors (Lipinski definition) is 1. The first kappa shape index (κ1) is 10.7. The van der Waals surface area contributed by atoms with Gasteiger partial charge in [-0.25, -0.2) is 4.42 Å². The first-order chi connectivity index (χ1) is 7.31. The number of nitrogens with zero attached hydrogens (tertiary/aromatic N) is 2. The quantitative estimate of drug-likeness (QED) is 0.770. The molecule has 1 heterocycles. The third-order valence-corrected chi connectivity index (χ3v) is 3.25. The molecule has 0 spiro atoms. The molecular formula is C11H16ClN3. The Kier molecular flexibility index (Phi) is 3.46. The molecule has 3 nitrogen and oxygen atoms in total. The lowest BCUT2D eigenvalue weighted by molar-refractivity contribution is 0.310. The minimum absolute atomic E-state index is 0.251. The molecule has 2 rings (SSSR count). The first-order valence-corrected chi connectivity index (χ1v) is 5.57. The van der Waals surface area contributed by atoms with E-state index in [2.05, 4.69) is 29.2 Å². The fourth-order valence-corrected chi connectivity index (χ4v) is 2.11. The third-order valence-electron chi connectivity index (χ3n) is 2.80. The summed E-state index contributed by atoms with van der Waals surface area (Å²) in [5.41, 5.74) is 6.93. The van der Waals surface area contributed by atoms with Crippen LogP contribution in [0.4, 0.5) is 5.69 Å².